The van der Waals surface area contributed by atoms with Crippen LogP contribution in [-0.4, -0.2) is 79.9 Å². The highest BCUT2D eigenvalue weighted by Crippen LogP contribution is 2.30. The molecule has 0 aromatic carbocycles. The van der Waals surface area contributed by atoms with E-state index < -0.39 is 30.0 Å². The van der Waals surface area contributed by atoms with E-state index in [1.54, 1.807) is 14.2 Å². The summed E-state index contributed by atoms with van der Waals surface area (Å²) in [5, 5.41) is 20.7. The maximum atomic E-state index is 13.7. The number of unbranched alkanes of at least 4 members (excludes halogenated alkanes) is 1. The number of aromatic nitrogens is 1. The molecular weight excluding hydrogens is 598 g/mol. The molecule has 47 heavy (non-hydrogen) atoms. The molecule has 1 aromatic rings. The molecule has 1 aliphatic carbocycles. The minimum Gasteiger partial charge on any atom is -0.481 e. The van der Waals surface area contributed by atoms with Gasteiger partial charge in [-0.25, -0.2) is 4.98 Å². The molecule has 1 heterocycles. The van der Waals surface area contributed by atoms with Gasteiger partial charge in [0.25, 0.3) is 0 Å². The molecule has 11 heteroatoms. The molecule has 1 aromatic heterocycles. The van der Waals surface area contributed by atoms with E-state index in [0.29, 0.717) is 37.8 Å². The summed E-state index contributed by atoms with van der Waals surface area (Å²) in [6.07, 6.45) is 7.21. The normalized spacial score (nSPS) is 16.4. The summed E-state index contributed by atoms with van der Waals surface area (Å²) in [5.41, 5.74) is 7.63. The van der Waals surface area contributed by atoms with Gasteiger partial charge in [-0.05, 0) is 92.6 Å². The molecule has 0 saturated heterocycles. The summed E-state index contributed by atoms with van der Waals surface area (Å²) < 4.78 is 10.7. The van der Waals surface area contributed by atoms with Gasteiger partial charge in [-0.3, -0.25) is 14.4 Å². The van der Waals surface area contributed by atoms with Crippen LogP contribution in [0.3, 0.4) is 0 Å². The number of aliphatic hydroxyl groups is 1. The Balaban J connectivity index is 2.34. The Morgan fingerprint density at radius 2 is 1.68 bits per heavy atom. The molecule has 11 nitrogen and oxygen atoms in total. The van der Waals surface area contributed by atoms with E-state index >= 15 is 0 Å². The Bertz CT molecular complexity index is 1110. The number of nitrogens with one attached hydrogen (secondary N) is 3. The molecular formula is C36H63N5O6. The number of hydrogen-bond acceptors (Lipinski definition) is 8. The van der Waals surface area contributed by atoms with Crippen LogP contribution in [0.25, 0.3) is 0 Å². The number of hydrogen-bond donors (Lipinski definition) is 5. The fourth-order valence-corrected chi connectivity index (χ4v) is 5.96. The first kappa shape index (κ1) is 40.4. The third-order valence-corrected chi connectivity index (χ3v) is 9.36. The highest BCUT2D eigenvalue weighted by molar-refractivity contribution is 5.88. The van der Waals surface area contributed by atoms with Crippen LogP contribution >= 0.6 is 0 Å². The zero-order valence-electron chi connectivity index (χ0n) is 30.1. The largest absolute Gasteiger partial charge is 0.481 e. The SMILES string of the molecule is COCCCCc1cc(CC(C[C@H](NC(=O)[C@@H](NC(=O)CN)C(C)C)C(O)CC(C(=O)NCC2CC2)C(C)C)C(C)C)cnc1OC. The van der Waals surface area contributed by atoms with Crippen molar-refractivity contribution in [2.75, 3.05) is 33.9 Å². The summed E-state index contributed by atoms with van der Waals surface area (Å²) in [6.45, 7) is 13.1. The number of carbonyl (C=O) groups excluding carboxylic acids is 3. The van der Waals surface area contributed by atoms with Gasteiger partial charge < -0.3 is 36.3 Å². The quantitative estimate of drug-likeness (QED) is 0.111. The number of methoxy groups -OCH3 is 2. The van der Waals surface area contributed by atoms with Crippen molar-refractivity contribution in [3.8, 4) is 5.88 Å². The number of pyridine rings is 1. The molecule has 3 unspecified atom stereocenters. The lowest BCUT2D eigenvalue weighted by Crippen LogP contribution is -2.56. The van der Waals surface area contributed by atoms with Crippen molar-refractivity contribution < 1.29 is 29.0 Å². The van der Waals surface area contributed by atoms with E-state index in [-0.39, 0.29) is 48.5 Å². The van der Waals surface area contributed by atoms with Crippen LogP contribution in [0.2, 0.25) is 0 Å². The van der Waals surface area contributed by atoms with Crippen molar-refractivity contribution in [1.82, 2.24) is 20.9 Å². The van der Waals surface area contributed by atoms with Crippen LogP contribution in [0, 0.1) is 35.5 Å². The predicted molar refractivity (Wildman–Crippen MR) is 185 cm³/mol. The number of carbonyl (C=O) groups is 3. The Labute approximate surface area is 282 Å². The van der Waals surface area contributed by atoms with E-state index in [1.165, 1.54) is 0 Å². The summed E-state index contributed by atoms with van der Waals surface area (Å²) in [5.74, 6) is -0.0191. The standard InChI is InChI=1S/C36H63N5O6/c1-22(2)28(16-26-15-27(11-9-10-14-46-7)36(47-8)39-21-26)17-30(40-35(45)33(24(5)6)41-32(43)19-37)31(42)18-29(23(3)4)34(44)38-20-25-12-13-25/h15,21-25,28-31,33,42H,9-14,16-20,37H2,1-8H3,(H,38,44)(H,40,45)(H,41,43)/t28?,29?,30-,31?,33-/m0/s1. The molecule has 6 N–H and O–H groups in total. The Hall–Kier alpha value is -2.76. The van der Waals surface area contributed by atoms with E-state index in [9.17, 15) is 19.5 Å². The lowest BCUT2D eigenvalue weighted by Gasteiger charge is -2.34. The van der Waals surface area contributed by atoms with Gasteiger partial charge in [-0.15, -0.1) is 0 Å². The molecule has 0 aliphatic heterocycles. The highest BCUT2D eigenvalue weighted by atomic mass is 16.5. The van der Waals surface area contributed by atoms with Crippen LogP contribution in [0.5, 0.6) is 5.88 Å². The van der Waals surface area contributed by atoms with Crippen molar-refractivity contribution in [2.45, 2.75) is 111 Å². The van der Waals surface area contributed by atoms with Gasteiger partial charge in [-0.1, -0.05) is 41.5 Å². The lowest BCUT2D eigenvalue weighted by atomic mass is 9.80. The average molecular weight is 662 g/mol. The first-order chi connectivity index (χ1) is 22.3. The van der Waals surface area contributed by atoms with Crippen molar-refractivity contribution in [3.63, 3.8) is 0 Å². The van der Waals surface area contributed by atoms with Crippen LogP contribution in [0.15, 0.2) is 12.3 Å². The number of nitrogens with zero attached hydrogens (tertiary/aromatic N) is 1. The van der Waals surface area contributed by atoms with Gasteiger partial charge in [0.2, 0.25) is 23.6 Å². The van der Waals surface area contributed by atoms with Gasteiger partial charge in [0.1, 0.15) is 6.04 Å². The van der Waals surface area contributed by atoms with Crippen molar-refractivity contribution in [2.24, 2.45) is 41.2 Å². The first-order valence-electron chi connectivity index (χ1n) is 17.6. The van der Waals surface area contributed by atoms with Gasteiger partial charge in [0.15, 0.2) is 0 Å². The third kappa shape index (κ3) is 14.1. The molecule has 1 fully saturated rings. The monoisotopic (exact) mass is 661 g/mol. The summed E-state index contributed by atoms with van der Waals surface area (Å²) >= 11 is 0. The number of ether oxygens (including phenoxy) is 2. The molecule has 2 rings (SSSR count). The number of nitrogens with two attached hydrogens (primary N) is 1. The molecule has 5 atom stereocenters. The van der Waals surface area contributed by atoms with Crippen LogP contribution < -0.4 is 26.4 Å². The van der Waals surface area contributed by atoms with E-state index in [0.717, 1.165) is 43.2 Å². The fraction of sp³-hybridized carbons (Fsp3) is 0.778. The predicted octanol–water partition coefficient (Wildman–Crippen LogP) is 3.40. The zero-order valence-corrected chi connectivity index (χ0v) is 30.1. The van der Waals surface area contributed by atoms with Crippen LogP contribution in [-0.2, 0) is 32.0 Å². The second-order valence-electron chi connectivity index (χ2n) is 14.4. The van der Waals surface area contributed by atoms with E-state index in [2.05, 4.69) is 40.8 Å². The van der Waals surface area contributed by atoms with E-state index in [1.807, 2.05) is 33.9 Å². The maximum Gasteiger partial charge on any atom is 0.243 e. The summed E-state index contributed by atoms with van der Waals surface area (Å²) in [6, 6.07) is 0.685. The van der Waals surface area contributed by atoms with Crippen molar-refractivity contribution >= 4 is 17.7 Å². The van der Waals surface area contributed by atoms with Crippen LogP contribution in [0.4, 0.5) is 0 Å². The van der Waals surface area contributed by atoms with Crippen molar-refractivity contribution in [1.29, 1.82) is 0 Å². The Morgan fingerprint density at radius 3 is 2.23 bits per heavy atom. The molecule has 0 spiro atoms. The van der Waals surface area contributed by atoms with Crippen LogP contribution in [0.1, 0.15) is 91.2 Å². The maximum absolute atomic E-state index is 13.7. The topological polar surface area (TPSA) is 165 Å². The Morgan fingerprint density at radius 1 is 0.979 bits per heavy atom. The number of aliphatic hydroxyl groups excluding tert-OH is 1. The summed E-state index contributed by atoms with van der Waals surface area (Å²) in [4.78, 5) is 43.7. The first-order valence-corrected chi connectivity index (χ1v) is 17.6. The molecule has 3 amide bonds. The van der Waals surface area contributed by atoms with Gasteiger partial charge in [-0.2, -0.15) is 0 Å². The van der Waals surface area contributed by atoms with Gasteiger partial charge >= 0.3 is 0 Å². The second-order valence-corrected chi connectivity index (χ2v) is 14.4. The Kier molecular flexibility index (Phi) is 17.7. The summed E-state index contributed by atoms with van der Waals surface area (Å²) in [7, 11) is 3.33. The number of rotatable bonds is 23. The minimum absolute atomic E-state index is 0.000962. The number of aryl methyl sites for hydroxylation is 1. The van der Waals surface area contributed by atoms with Crippen molar-refractivity contribution in [3.05, 3.63) is 23.4 Å². The minimum atomic E-state index is -0.984. The zero-order chi connectivity index (χ0) is 35.1. The molecule has 0 radical (unpaired) electrons. The van der Waals surface area contributed by atoms with Gasteiger partial charge in [0, 0.05) is 37.9 Å². The number of amides is 3. The van der Waals surface area contributed by atoms with Gasteiger partial charge in [0.05, 0.1) is 25.8 Å². The average Bonchev–Trinajstić information content (AvgIpc) is 3.86. The molecule has 268 valence electrons. The second kappa shape index (κ2) is 20.6. The lowest BCUT2D eigenvalue weighted by molar-refractivity contribution is -0.131. The van der Waals surface area contributed by atoms with E-state index in [4.69, 9.17) is 15.2 Å². The highest BCUT2D eigenvalue weighted by Gasteiger charge is 2.35. The molecule has 0 bridgehead atoms. The molecule has 1 saturated carbocycles. The molecule has 1 aliphatic rings. The fourth-order valence-electron chi connectivity index (χ4n) is 5.96. The third-order valence-electron chi connectivity index (χ3n) is 9.36. The smallest absolute Gasteiger partial charge is 0.243 e.